The second kappa shape index (κ2) is 9.65. The van der Waals surface area contributed by atoms with Crippen LogP contribution >= 0.6 is 0 Å². The van der Waals surface area contributed by atoms with Crippen LogP contribution in [-0.4, -0.2) is 12.1 Å². The second-order valence-electron chi connectivity index (χ2n) is 5.98. The highest BCUT2D eigenvalue weighted by atomic mass is 16.6. The summed E-state index contributed by atoms with van der Waals surface area (Å²) in [6.07, 6.45) is -0.558. The summed E-state index contributed by atoms with van der Waals surface area (Å²) in [7, 11) is 0. The van der Waals surface area contributed by atoms with E-state index < -0.39 is 6.09 Å². The molecule has 0 spiro atoms. The van der Waals surface area contributed by atoms with Gasteiger partial charge in [-0.3, -0.25) is 0 Å². The number of azo groups is 1. The molecule has 146 valence electrons. The number of ether oxygens (including phenoxy) is 1. The topological polar surface area (TPSA) is 127 Å². The summed E-state index contributed by atoms with van der Waals surface area (Å²) >= 11 is 0. The fraction of sp³-hybridized carbons (Fsp3) is 0.0476. The average molecular weight is 388 g/mol. The zero-order chi connectivity index (χ0) is 20.5. The molecule has 5 N–H and O–H groups in total. The number of rotatable bonds is 6. The van der Waals surface area contributed by atoms with Crippen molar-refractivity contribution in [3.63, 3.8) is 0 Å². The summed E-state index contributed by atoms with van der Waals surface area (Å²) in [6, 6.07) is 23.3. The number of carbonyl (C=O) groups excluding carboxylic acids is 1. The monoisotopic (exact) mass is 388 g/mol. The van der Waals surface area contributed by atoms with Gasteiger partial charge in [0.25, 0.3) is 0 Å². The number of hydrogen-bond acceptors (Lipinski definition) is 5. The average Bonchev–Trinajstić information content (AvgIpc) is 2.73. The third-order valence-electron chi connectivity index (χ3n) is 3.72. The van der Waals surface area contributed by atoms with Crippen molar-refractivity contribution in [3.8, 4) is 5.75 Å². The highest BCUT2D eigenvalue weighted by Gasteiger charge is 2.04. The number of amides is 1. The lowest BCUT2D eigenvalue weighted by Crippen LogP contribution is -2.26. The highest BCUT2D eigenvalue weighted by molar-refractivity contribution is 5.79. The first-order valence-electron chi connectivity index (χ1n) is 8.79. The van der Waals surface area contributed by atoms with E-state index in [-0.39, 0.29) is 5.96 Å². The van der Waals surface area contributed by atoms with Crippen molar-refractivity contribution in [2.24, 2.45) is 26.7 Å². The molecule has 0 radical (unpaired) electrons. The smallest absolute Gasteiger partial charge is 0.410 e. The molecule has 3 rings (SSSR count). The fourth-order valence-electron chi connectivity index (χ4n) is 2.35. The Morgan fingerprint density at radius 2 is 1.38 bits per heavy atom. The van der Waals surface area contributed by atoms with Crippen LogP contribution in [0.1, 0.15) is 5.56 Å². The number of hydrogen-bond donors (Lipinski definition) is 3. The van der Waals surface area contributed by atoms with Crippen molar-refractivity contribution in [1.82, 2.24) is 5.32 Å². The van der Waals surface area contributed by atoms with Gasteiger partial charge in [-0.2, -0.15) is 10.2 Å². The third-order valence-corrected chi connectivity index (χ3v) is 3.72. The van der Waals surface area contributed by atoms with Crippen LogP contribution in [0.5, 0.6) is 5.75 Å². The molecule has 8 nitrogen and oxygen atoms in total. The Labute approximate surface area is 167 Å². The molecule has 0 unspecified atom stereocenters. The number of nitrogens with two attached hydrogens (primary N) is 2. The number of nitrogens with zero attached hydrogens (tertiary/aromatic N) is 3. The van der Waals surface area contributed by atoms with E-state index in [0.717, 1.165) is 11.3 Å². The van der Waals surface area contributed by atoms with E-state index in [1.165, 1.54) is 0 Å². The molecule has 0 aliphatic rings. The SMILES string of the molecule is NC(N)=Nc1ccc(CNC(=O)Oc2ccc(N=Nc3ccccc3)cc2)cc1. The Bertz CT molecular complexity index is 996. The van der Waals surface area contributed by atoms with Crippen LogP contribution in [0.25, 0.3) is 0 Å². The van der Waals surface area contributed by atoms with Crippen molar-refractivity contribution in [2.75, 3.05) is 0 Å². The molecule has 0 aliphatic carbocycles. The maximum atomic E-state index is 12.0. The fourth-order valence-corrected chi connectivity index (χ4v) is 2.35. The third kappa shape index (κ3) is 6.47. The standard InChI is InChI=1S/C21H20N6O2/c22-20(23)25-16-8-6-15(7-9-16)14-24-21(28)29-19-12-10-18(11-13-19)27-26-17-4-2-1-3-5-17/h1-13H,14H2,(H,24,28)(H4,22,23,25). The minimum Gasteiger partial charge on any atom is -0.410 e. The molecule has 0 aliphatic heterocycles. The van der Waals surface area contributed by atoms with E-state index in [9.17, 15) is 4.79 Å². The first-order valence-corrected chi connectivity index (χ1v) is 8.79. The molecule has 0 bridgehead atoms. The van der Waals surface area contributed by atoms with Gasteiger partial charge in [0.2, 0.25) is 0 Å². The Kier molecular flexibility index (Phi) is 6.51. The quantitative estimate of drug-likeness (QED) is 0.330. The lowest BCUT2D eigenvalue weighted by molar-refractivity contribution is 0.200. The molecule has 0 atom stereocenters. The Balaban J connectivity index is 1.49. The van der Waals surface area contributed by atoms with Crippen LogP contribution < -0.4 is 21.5 Å². The Morgan fingerprint density at radius 1 is 0.793 bits per heavy atom. The van der Waals surface area contributed by atoms with E-state index in [2.05, 4.69) is 20.5 Å². The molecule has 0 saturated carbocycles. The van der Waals surface area contributed by atoms with E-state index in [1.807, 2.05) is 42.5 Å². The lowest BCUT2D eigenvalue weighted by atomic mass is 10.2. The Hall–Kier alpha value is -4.20. The summed E-state index contributed by atoms with van der Waals surface area (Å²) in [5.74, 6) is 0.399. The summed E-state index contributed by atoms with van der Waals surface area (Å²) in [6.45, 7) is 0.310. The summed E-state index contributed by atoms with van der Waals surface area (Å²) in [5.41, 5.74) is 13.6. The molecular formula is C21H20N6O2. The van der Waals surface area contributed by atoms with Gasteiger partial charge in [0.05, 0.1) is 17.1 Å². The first kappa shape index (κ1) is 19.6. The second-order valence-corrected chi connectivity index (χ2v) is 5.98. The van der Waals surface area contributed by atoms with Gasteiger partial charge in [0.15, 0.2) is 5.96 Å². The van der Waals surface area contributed by atoms with Gasteiger partial charge in [-0.25, -0.2) is 9.79 Å². The van der Waals surface area contributed by atoms with Gasteiger partial charge >= 0.3 is 6.09 Å². The van der Waals surface area contributed by atoms with Crippen LogP contribution in [0.2, 0.25) is 0 Å². The predicted molar refractivity (Wildman–Crippen MR) is 112 cm³/mol. The van der Waals surface area contributed by atoms with Gasteiger partial charge in [-0.05, 0) is 54.1 Å². The molecule has 8 heteroatoms. The van der Waals surface area contributed by atoms with Crippen LogP contribution in [0.4, 0.5) is 21.9 Å². The van der Waals surface area contributed by atoms with Gasteiger partial charge in [-0.15, -0.1) is 0 Å². The molecule has 1 amide bonds. The number of guanidine groups is 1. The van der Waals surface area contributed by atoms with Crippen molar-refractivity contribution in [3.05, 3.63) is 84.4 Å². The van der Waals surface area contributed by atoms with Crippen LogP contribution in [-0.2, 0) is 6.54 Å². The van der Waals surface area contributed by atoms with Crippen molar-refractivity contribution >= 4 is 29.1 Å². The van der Waals surface area contributed by atoms with Crippen LogP contribution in [0.15, 0.2) is 94.1 Å². The molecule has 0 heterocycles. The van der Waals surface area contributed by atoms with E-state index in [0.29, 0.717) is 23.7 Å². The minimum absolute atomic E-state index is 0.00740. The normalized spacial score (nSPS) is 10.5. The molecule has 3 aromatic carbocycles. The zero-order valence-electron chi connectivity index (χ0n) is 15.5. The summed E-state index contributed by atoms with van der Waals surface area (Å²) in [5, 5.41) is 11.0. The number of nitrogens with one attached hydrogen (secondary N) is 1. The lowest BCUT2D eigenvalue weighted by Gasteiger charge is -2.07. The van der Waals surface area contributed by atoms with E-state index in [4.69, 9.17) is 16.2 Å². The number of benzene rings is 3. The first-order chi connectivity index (χ1) is 14.1. The molecule has 0 fully saturated rings. The zero-order valence-corrected chi connectivity index (χ0v) is 15.5. The van der Waals surface area contributed by atoms with Gasteiger partial charge in [0.1, 0.15) is 5.75 Å². The van der Waals surface area contributed by atoms with Gasteiger partial charge in [-0.1, -0.05) is 30.3 Å². The van der Waals surface area contributed by atoms with E-state index >= 15 is 0 Å². The van der Waals surface area contributed by atoms with Crippen molar-refractivity contribution < 1.29 is 9.53 Å². The van der Waals surface area contributed by atoms with Crippen LogP contribution in [0, 0.1) is 0 Å². The molecular weight excluding hydrogens is 368 g/mol. The largest absolute Gasteiger partial charge is 0.412 e. The van der Waals surface area contributed by atoms with Crippen LogP contribution in [0.3, 0.4) is 0 Å². The summed E-state index contributed by atoms with van der Waals surface area (Å²) < 4.78 is 5.25. The number of aliphatic imine (C=N–C) groups is 1. The maximum absolute atomic E-state index is 12.0. The highest BCUT2D eigenvalue weighted by Crippen LogP contribution is 2.21. The molecule has 0 saturated heterocycles. The van der Waals surface area contributed by atoms with Crippen molar-refractivity contribution in [1.29, 1.82) is 0 Å². The Morgan fingerprint density at radius 3 is 2.00 bits per heavy atom. The molecule has 3 aromatic rings. The number of carbonyl (C=O) groups is 1. The van der Waals surface area contributed by atoms with Gasteiger partial charge in [0, 0.05) is 6.54 Å². The van der Waals surface area contributed by atoms with Gasteiger partial charge < -0.3 is 21.5 Å². The molecule has 29 heavy (non-hydrogen) atoms. The van der Waals surface area contributed by atoms with Crippen molar-refractivity contribution in [2.45, 2.75) is 6.54 Å². The molecule has 0 aromatic heterocycles. The minimum atomic E-state index is -0.558. The maximum Gasteiger partial charge on any atom is 0.412 e. The predicted octanol–water partition coefficient (Wildman–Crippen LogP) is 4.30. The summed E-state index contributed by atoms with van der Waals surface area (Å²) in [4.78, 5) is 15.9. The van der Waals surface area contributed by atoms with E-state index in [1.54, 1.807) is 36.4 Å².